The number of phenolic OH excluding ortho intramolecular Hbond substituents is 1. The van der Waals surface area contributed by atoms with Gasteiger partial charge in [-0.05, 0) is 13.0 Å². The van der Waals surface area contributed by atoms with Gasteiger partial charge < -0.3 is 25.2 Å². The average Bonchev–Trinajstić information content (AvgIpc) is 2.46. The molecule has 1 aromatic rings. The van der Waals surface area contributed by atoms with E-state index in [0.717, 1.165) is 0 Å². The van der Waals surface area contributed by atoms with Crippen molar-refractivity contribution in [3.05, 3.63) is 35.0 Å². The molecule has 0 radical (unpaired) electrons. The van der Waals surface area contributed by atoms with Crippen LogP contribution in [0.5, 0.6) is 11.5 Å². The number of esters is 1. The molecule has 1 aromatic carbocycles. The first-order valence-corrected chi connectivity index (χ1v) is 6.22. The number of hydrogen-bond acceptors (Lipinski definition) is 5. The Labute approximate surface area is 121 Å². The van der Waals surface area contributed by atoms with Gasteiger partial charge in [-0.25, -0.2) is 9.59 Å². The largest absolute Gasteiger partial charge is 0.504 e. The van der Waals surface area contributed by atoms with Crippen LogP contribution in [-0.4, -0.2) is 31.3 Å². The number of amides is 2. The lowest BCUT2D eigenvalue weighted by Gasteiger charge is -2.28. The summed E-state index contributed by atoms with van der Waals surface area (Å²) in [6.07, 6.45) is 0. The van der Waals surface area contributed by atoms with Crippen molar-refractivity contribution in [1.29, 1.82) is 0 Å². The summed E-state index contributed by atoms with van der Waals surface area (Å²) in [5.41, 5.74) is 0.947. The maximum absolute atomic E-state index is 11.9. The topological polar surface area (TPSA) is 96.9 Å². The summed E-state index contributed by atoms with van der Waals surface area (Å²) in [5, 5.41) is 15.3. The number of rotatable bonds is 3. The zero-order valence-corrected chi connectivity index (χ0v) is 11.9. The highest BCUT2D eigenvalue weighted by Gasteiger charge is 2.33. The van der Waals surface area contributed by atoms with Gasteiger partial charge >= 0.3 is 12.0 Å². The van der Waals surface area contributed by atoms with Gasteiger partial charge in [-0.3, -0.25) is 0 Å². The molecule has 21 heavy (non-hydrogen) atoms. The number of aromatic hydroxyl groups is 1. The fourth-order valence-electron chi connectivity index (χ4n) is 2.24. The average molecular weight is 292 g/mol. The van der Waals surface area contributed by atoms with E-state index in [1.807, 2.05) is 0 Å². The first-order valence-electron chi connectivity index (χ1n) is 6.22. The molecular weight excluding hydrogens is 276 g/mol. The molecule has 2 rings (SSSR count). The van der Waals surface area contributed by atoms with E-state index in [4.69, 9.17) is 9.47 Å². The molecule has 112 valence electrons. The summed E-state index contributed by atoms with van der Waals surface area (Å²) in [5.74, 6) is -0.476. The number of urea groups is 1. The molecule has 0 aromatic heterocycles. The molecule has 0 fully saturated rings. The molecule has 1 unspecified atom stereocenters. The van der Waals surface area contributed by atoms with Gasteiger partial charge in [0.2, 0.25) is 0 Å². The number of para-hydroxylation sites is 1. The second kappa shape index (κ2) is 5.74. The molecular formula is C14H16N2O5. The molecule has 1 aliphatic heterocycles. The van der Waals surface area contributed by atoms with Crippen LogP contribution in [0, 0.1) is 0 Å². The zero-order valence-electron chi connectivity index (χ0n) is 11.9. The Morgan fingerprint density at radius 1 is 1.33 bits per heavy atom. The van der Waals surface area contributed by atoms with Gasteiger partial charge in [0.05, 0.1) is 25.8 Å². The Hall–Kier alpha value is -2.70. The number of carbonyl (C=O) groups excluding carboxylic acids is 2. The van der Waals surface area contributed by atoms with Crippen LogP contribution < -0.4 is 15.4 Å². The third kappa shape index (κ3) is 2.62. The number of methoxy groups -OCH3 is 2. The molecule has 3 N–H and O–H groups in total. The van der Waals surface area contributed by atoms with Crippen LogP contribution in [-0.2, 0) is 9.53 Å². The number of hydrogen-bond donors (Lipinski definition) is 3. The Morgan fingerprint density at radius 2 is 2.05 bits per heavy atom. The van der Waals surface area contributed by atoms with Crippen LogP contribution in [0.4, 0.5) is 4.79 Å². The molecule has 0 spiro atoms. The minimum Gasteiger partial charge on any atom is -0.504 e. The predicted octanol–water partition coefficient (Wildman–Crippen LogP) is 1.20. The van der Waals surface area contributed by atoms with Crippen molar-refractivity contribution < 1.29 is 24.2 Å². The van der Waals surface area contributed by atoms with Crippen molar-refractivity contribution in [3.8, 4) is 11.5 Å². The summed E-state index contributed by atoms with van der Waals surface area (Å²) in [7, 11) is 2.67. The Morgan fingerprint density at radius 3 is 2.67 bits per heavy atom. The lowest BCUT2D eigenvalue weighted by atomic mass is 9.94. The summed E-state index contributed by atoms with van der Waals surface area (Å²) < 4.78 is 9.78. The normalized spacial score (nSPS) is 17.9. The van der Waals surface area contributed by atoms with E-state index in [0.29, 0.717) is 11.3 Å². The highest BCUT2D eigenvalue weighted by molar-refractivity contribution is 5.95. The van der Waals surface area contributed by atoms with Gasteiger partial charge in [-0.15, -0.1) is 0 Å². The molecule has 1 atom stereocenters. The van der Waals surface area contributed by atoms with Gasteiger partial charge in [0, 0.05) is 11.3 Å². The quantitative estimate of drug-likeness (QED) is 0.727. The van der Waals surface area contributed by atoms with Crippen LogP contribution in [0.2, 0.25) is 0 Å². The van der Waals surface area contributed by atoms with E-state index in [9.17, 15) is 14.7 Å². The summed E-state index contributed by atoms with van der Waals surface area (Å²) in [4.78, 5) is 23.6. The number of nitrogens with one attached hydrogen (secondary N) is 2. The molecule has 2 amide bonds. The highest BCUT2D eigenvalue weighted by Crippen LogP contribution is 2.38. The van der Waals surface area contributed by atoms with E-state index in [1.54, 1.807) is 25.1 Å². The van der Waals surface area contributed by atoms with Crippen molar-refractivity contribution >= 4 is 12.0 Å². The standard InChI is InChI=1S/C14H16N2O5/c1-7-10(13(18)21-3)11(16-14(19)15-7)8-5-4-6-9(20-2)12(8)17/h4-6,11,17H,1-3H3,(H2,15,16,19). The Balaban J connectivity index is 2.57. The van der Waals surface area contributed by atoms with Gasteiger partial charge in [0.1, 0.15) is 0 Å². The van der Waals surface area contributed by atoms with Crippen molar-refractivity contribution in [2.75, 3.05) is 14.2 Å². The number of carbonyl (C=O) groups is 2. The van der Waals surface area contributed by atoms with Crippen molar-refractivity contribution in [2.45, 2.75) is 13.0 Å². The molecule has 1 aliphatic rings. The highest BCUT2D eigenvalue weighted by atomic mass is 16.5. The van der Waals surface area contributed by atoms with E-state index >= 15 is 0 Å². The monoisotopic (exact) mass is 292 g/mol. The van der Waals surface area contributed by atoms with Crippen LogP contribution in [0.3, 0.4) is 0 Å². The van der Waals surface area contributed by atoms with Gasteiger partial charge in [-0.2, -0.15) is 0 Å². The Bertz CT molecular complexity index is 624. The first-order chi connectivity index (χ1) is 9.99. The SMILES string of the molecule is COC(=O)C1=C(C)NC(=O)NC1c1cccc(OC)c1O. The third-order valence-corrected chi connectivity index (χ3v) is 3.24. The van der Waals surface area contributed by atoms with Crippen molar-refractivity contribution in [1.82, 2.24) is 10.6 Å². The molecule has 0 aliphatic carbocycles. The van der Waals surface area contributed by atoms with Gasteiger partial charge in [0.15, 0.2) is 11.5 Å². The van der Waals surface area contributed by atoms with Crippen LogP contribution >= 0.6 is 0 Å². The summed E-state index contributed by atoms with van der Waals surface area (Å²) in [6.45, 7) is 1.59. The van der Waals surface area contributed by atoms with Crippen LogP contribution in [0.15, 0.2) is 29.5 Å². The number of ether oxygens (including phenoxy) is 2. The minimum absolute atomic E-state index is 0.138. The molecule has 0 bridgehead atoms. The van der Waals surface area contributed by atoms with Gasteiger partial charge in [-0.1, -0.05) is 12.1 Å². The first kappa shape index (κ1) is 14.7. The van der Waals surface area contributed by atoms with Crippen LogP contribution in [0.1, 0.15) is 18.5 Å². The smallest absolute Gasteiger partial charge is 0.337 e. The summed E-state index contributed by atoms with van der Waals surface area (Å²) >= 11 is 0. The lowest BCUT2D eigenvalue weighted by Crippen LogP contribution is -2.45. The van der Waals surface area contributed by atoms with E-state index in [1.165, 1.54) is 14.2 Å². The number of allylic oxidation sites excluding steroid dienone is 1. The lowest BCUT2D eigenvalue weighted by molar-refractivity contribution is -0.136. The minimum atomic E-state index is -0.818. The fourth-order valence-corrected chi connectivity index (χ4v) is 2.24. The maximum Gasteiger partial charge on any atom is 0.337 e. The van der Waals surface area contributed by atoms with E-state index in [2.05, 4.69) is 10.6 Å². The maximum atomic E-state index is 11.9. The predicted molar refractivity (Wildman–Crippen MR) is 73.8 cm³/mol. The van der Waals surface area contributed by atoms with Crippen molar-refractivity contribution in [2.24, 2.45) is 0 Å². The molecule has 0 saturated heterocycles. The summed E-state index contributed by atoms with van der Waals surface area (Å²) in [6, 6.07) is 3.56. The van der Waals surface area contributed by atoms with E-state index in [-0.39, 0.29) is 17.1 Å². The molecule has 0 saturated carbocycles. The van der Waals surface area contributed by atoms with Crippen molar-refractivity contribution in [3.63, 3.8) is 0 Å². The molecule has 7 heteroatoms. The molecule has 1 heterocycles. The zero-order chi connectivity index (χ0) is 15.6. The number of phenols is 1. The second-order valence-corrected chi connectivity index (χ2v) is 4.46. The van der Waals surface area contributed by atoms with Gasteiger partial charge in [0.25, 0.3) is 0 Å². The second-order valence-electron chi connectivity index (χ2n) is 4.46. The molecule has 7 nitrogen and oxygen atoms in total. The Kier molecular flexibility index (Phi) is 4.02. The number of benzene rings is 1. The fraction of sp³-hybridized carbons (Fsp3) is 0.286. The van der Waals surface area contributed by atoms with Crippen LogP contribution in [0.25, 0.3) is 0 Å². The van der Waals surface area contributed by atoms with E-state index < -0.39 is 18.0 Å². The third-order valence-electron chi connectivity index (χ3n) is 3.24.